The van der Waals surface area contributed by atoms with Crippen LogP contribution in [0.5, 0.6) is 0 Å². The highest BCUT2D eigenvalue weighted by Crippen LogP contribution is 2.21. The number of amides is 1. The van der Waals surface area contributed by atoms with Crippen molar-refractivity contribution < 1.29 is 13.2 Å². The summed E-state index contributed by atoms with van der Waals surface area (Å²) in [4.78, 5) is 12.7. The number of sulfonamides is 1. The number of carbonyl (C=O) groups is 1. The van der Waals surface area contributed by atoms with Crippen molar-refractivity contribution in [3.63, 3.8) is 0 Å². The molecule has 0 radical (unpaired) electrons. The minimum atomic E-state index is -3.43. The van der Waals surface area contributed by atoms with Gasteiger partial charge in [-0.3, -0.25) is 9.20 Å². The van der Waals surface area contributed by atoms with E-state index in [0.717, 1.165) is 30.5 Å². The summed E-state index contributed by atoms with van der Waals surface area (Å²) in [6.45, 7) is 3.05. The monoisotopic (exact) mass is 441 g/mol. The van der Waals surface area contributed by atoms with E-state index in [2.05, 4.69) is 15.5 Å². The van der Waals surface area contributed by atoms with Gasteiger partial charge in [-0.1, -0.05) is 24.6 Å². The van der Waals surface area contributed by atoms with E-state index in [1.807, 2.05) is 35.7 Å². The largest absolute Gasteiger partial charge is 0.346 e. The van der Waals surface area contributed by atoms with Crippen molar-refractivity contribution in [1.82, 2.24) is 24.2 Å². The Morgan fingerprint density at radius 3 is 2.55 bits per heavy atom. The molecule has 1 aromatic carbocycles. The maximum atomic E-state index is 12.7. The molecule has 3 heterocycles. The minimum absolute atomic E-state index is 0.0924. The van der Waals surface area contributed by atoms with Gasteiger partial charge in [0, 0.05) is 25.7 Å². The molecule has 9 heteroatoms. The lowest BCUT2D eigenvalue weighted by Gasteiger charge is -2.25. The van der Waals surface area contributed by atoms with Crippen LogP contribution < -0.4 is 5.32 Å². The van der Waals surface area contributed by atoms with Crippen LogP contribution in [0.3, 0.4) is 0 Å². The Kier molecular flexibility index (Phi) is 6.33. The van der Waals surface area contributed by atoms with Crippen molar-refractivity contribution in [2.45, 2.75) is 50.0 Å². The number of carbonyl (C=O) groups excluding carboxylic acids is 1. The lowest BCUT2D eigenvalue weighted by molar-refractivity contribution is -0.121. The molecule has 0 bridgehead atoms. The van der Waals surface area contributed by atoms with Crippen molar-refractivity contribution in [2.75, 3.05) is 13.1 Å². The third-order valence-electron chi connectivity index (χ3n) is 5.62. The van der Waals surface area contributed by atoms with E-state index in [-0.39, 0.29) is 11.9 Å². The number of rotatable bonds is 7. The van der Waals surface area contributed by atoms with Gasteiger partial charge in [0.2, 0.25) is 15.9 Å². The average Bonchev–Trinajstić information content (AvgIpc) is 3.23. The summed E-state index contributed by atoms with van der Waals surface area (Å²) in [5, 5.41) is 11.2. The van der Waals surface area contributed by atoms with Gasteiger partial charge in [0.15, 0.2) is 11.5 Å². The number of nitrogens with one attached hydrogen (secondary N) is 1. The van der Waals surface area contributed by atoms with Crippen LogP contribution in [0, 0.1) is 0 Å². The second-order valence-electron chi connectivity index (χ2n) is 7.88. The van der Waals surface area contributed by atoms with Crippen molar-refractivity contribution in [3.05, 3.63) is 60.0 Å². The van der Waals surface area contributed by atoms with Crippen LogP contribution in [-0.2, 0) is 21.2 Å². The first-order valence-electron chi connectivity index (χ1n) is 10.6. The number of piperidine rings is 1. The molecule has 1 N–H and O–H groups in total. The van der Waals surface area contributed by atoms with Crippen molar-refractivity contribution >= 4 is 21.6 Å². The fraction of sp³-hybridized carbons (Fsp3) is 0.409. The number of pyridine rings is 1. The molecule has 1 aliphatic heterocycles. The van der Waals surface area contributed by atoms with Gasteiger partial charge in [-0.15, -0.1) is 10.2 Å². The van der Waals surface area contributed by atoms with Crippen LogP contribution in [-0.4, -0.2) is 46.3 Å². The van der Waals surface area contributed by atoms with Gasteiger partial charge in [-0.25, -0.2) is 8.42 Å². The van der Waals surface area contributed by atoms with Crippen molar-refractivity contribution in [2.24, 2.45) is 0 Å². The first-order chi connectivity index (χ1) is 14.9. The molecule has 0 spiro atoms. The topological polar surface area (TPSA) is 96.7 Å². The molecule has 8 nitrogen and oxygen atoms in total. The van der Waals surface area contributed by atoms with E-state index >= 15 is 0 Å². The SMILES string of the molecule is CC(NC(=O)CCc1ccc(S(=O)(=O)N2CCCCC2)cc1)c1nnc2ccccn12. The highest BCUT2D eigenvalue weighted by Gasteiger charge is 2.25. The number of nitrogens with zero attached hydrogens (tertiary/aromatic N) is 4. The lowest BCUT2D eigenvalue weighted by atomic mass is 10.1. The minimum Gasteiger partial charge on any atom is -0.346 e. The second-order valence-corrected chi connectivity index (χ2v) is 9.82. The summed E-state index contributed by atoms with van der Waals surface area (Å²) in [6, 6.07) is 12.2. The highest BCUT2D eigenvalue weighted by atomic mass is 32.2. The maximum absolute atomic E-state index is 12.7. The molecule has 164 valence electrons. The van der Waals surface area contributed by atoms with Crippen molar-refractivity contribution in [3.8, 4) is 0 Å². The van der Waals surface area contributed by atoms with E-state index < -0.39 is 10.0 Å². The fourth-order valence-electron chi connectivity index (χ4n) is 3.87. The van der Waals surface area contributed by atoms with E-state index in [0.29, 0.717) is 36.7 Å². The van der Waals surface area contributed by atoms with E-state index in [1.165, 1.54) is 0 Å². The van der Waals surface area contributed by atoms with Crippen LogP contribution in [0.4, 0.5) is 0 Å². The Labute approximate surface area is 182 Å². The molecule has 1 saturated heterocycles. The van der Waals surface area contributed by atoms with Gasteiger partial charge in [-0.05, 0) is 56.0 Å². The highest BCUT2D eigenvalue weighted by molar-refractivity contribution is 7.89. The van der Waals surface area contributed by atoms with Crippen LogP contribution >= 0.6 is 0 Å². The quantitative estimate of drug-likeness (QED) is 0.608. The zero-order valence-electron chi connectivity index (χ0n) is 17.6. The van der Waals surface area contributed by atoms with Crippen LogP contribution in [0.1, 0.15) is 50.0 Å². The Morgan fingerprint density at radius 2 is 1.81 bits per heavy atom. The maximum Gasteiger partial charge on any atom is 0.243 e. The first-order valence-corrected chi connectivity index (χ1v) is 12.1. The molecule has 4 rings (SSSR count). The lowest BCUT2D eigenvalue weighted by Crippen LogP contribution is -2.35. The summed E-state index contributed by atoms with van der Waals surface area (Å²) in [6.07, 6.45) is 5.61. The number of aryl methyl sites for hydroxylation is 1. The van der Waals surface area contributed by atoms with Crippen LogP contribution in [0.15, 0.2) is 53.6 Å². The van der Waals surface area contributed by atoms with Gasteiger partial charge in [-0.2, -0.15) is 4.31 Å². The first kappa shape index (κ1) is 21.5. The van der Waals surface area contributed by atoms with Crippen LogP contribution in [0.25, 0.3) is 5.65 Å². The molecule has 31 heavy (non-hydrogen) atoms. The Hall–Kier alpha value is -2.78. The summed E-state index contributed by atoms with van der Waals surface area (Å²) in [5.74, 6) is 0.585. The molecule has 1 atom stereocenters. The molecule has 1 fully saturated rings. The zero-order chi connectivity index (χ0) is 21.8. The van der Waals surface area contributed by atoms with Gasteiger partial charge in [0.1, 0.15) is 0 Å². The molecular formula is C22H27N5O3S. The average molecular weight is 442 g/mol. The number of benzene rings is 1. The standard InChI is InChI=1S/C22H27N5O3S/c1-17(22-25-24-20-7-3-6-16-27(20)22)23-21(28)13-10-18-8-11-19(12-9-18)31(29,30)26-14-4-2-5-15-26/h3,6-9,11-12,16-17H,2,4-5,10,13-15H2,1H3,(H,23,28). The third kappa shape index (κ3) is 4.77. The fourth-order valence-corrected chi connectivity index (χ4v) is 5.39. The smallest absolute Gasteiger partial charge is 0.243 e. The Bertz CT molecular complexity index is 1150. The van der Waals surface area contributed by atoms with E-state index in [1.54, 1.807) is 28.6 Å². The molecule has 1 unspecified atom stereocenters. The van der Waals surface area contributed by atoms with E-state index in [4.69, 9.17) is 0 Å². The summed E-state index contributed by atoms with van der Waals surface area (Å²) in [5.41, 5.74) is 1.66. The Balaban J connectivity index is 1.33. The number of aromatic nitrogens is 3. The molecule has 2 aromatic heterocycles. The molecule has 1 amide bonds. The number of hydrogen-bond donors (Lipinski definition) is 1. The number of fused-ring (bicyclic) bond motifs is 1. The summed E-state index contributed by atoms with van der Waals surface area (Å²) >= 11 is 0. The van der Waals surface area contributed by atoms with Crippen LogP contribution in [0.2, 0.25) is 0 Å². The van der Waals surface area contributed by atoms with Crippen molar-refractivity contribution in [1.29, 1.82) is 0 Å². The summed E-state index contributed by atoms with van der Waals surface area (Å²) in [7, 11) is -3.43. The van der Waals surface area contributed by atoms with E-state index in [9.17, 15) is 13.2 Å². The summed E-state index contributed by atoms with van der Waals surface area (Å²) < 4.78 is 28.9. The van der Waals surface area contributed by atoms with Gasteiger partial charge < -0.3 is 5.32 Å². The molecule has 0 aliphatic carbocycles. The van der Waals surface area contributed by atoms with Gasteiger partial charge in [0.05, 0.1) is 10.9 Å². The number of hydrogen-bond acceptors (Lipinski definition) is 5. The Morgan fingerprint density at radius 1 is 1.06 bits per heavy atom. The predicted octanol–water partition coefficient (Wildman–Crippen LogP) is 2.71. The molecule has 3 aromatic rings. The zero-order valence-corrected chi connectivity index (χ0v) is 18.4. The van der Waals surface area contributed by atoms with Gasteiger partial charge >= 0.3 is 0 Å². The molecule has 1 aliphatic rings. The second kappa shape index (κ2) is 9.15. The molecule has 0 saturated carbocycles. The normalized spacial score (nSPS) is 16.3. The van der Waals surface area contributed by atoms with Gasteiger partial charge in [0.25, 0.3) is 0 Å². The molecular weight excluding hydrogens is 414 g/mol. The predicted molar refractivity (Wildman–Crippen MR) is 117 cm³/mol. The third-order valence-corrected chi connectivity index (χ3v) is 7.53.